The highest BCUT2D eigenvalue weighted by molar-refractivity contribution is 9.10. The third-order valence-electron chi connectivity index (χ3n) is 2.97. The lowest BCUT2D eigenvalue weighted by Crippen LogP contribution is -2.23. The Hall–Kier alpha value is -0.900. The summed E-state index contributed by atoms with van der Waals surface area (Å²) in [5.74, 6) is 0. The quantitative estimate of drug-likeness (QED) is 0.796. The van der Waals surface area contributed by atoms with Gasteiger partial charge >= 0.3 is 0 Å². The number of hydrogen-bond donors (Lipinski definition) is 0. The van der Waals surface area contributed by atoms with Crippen molar-refractivity contribution in [2.45, 2.75) is 20.0 Å². The molecule has 0 N–H and O–H groups in total. The Morgan fingerprint density at radius 1 is 1.21 bits per heavy atom. The number of hydrogen-bond acceptors (Lipinski definition) is 2. The predicted octanol–water partition coefficient (Wildman–Crippen LogP) is 4.52. The maximum absolute atomic E-state index is 6.26. The smallest absolute Gasteiger partial charge is 0.0544 e. The van der Waals surface area contributed by atoms with Crippen LogP contribution in [0.25, 0.3) is 0 Å². The number of benzene rings is 1. The van der Waals surface area contributed by atoms with Gasteiger partial charge in [-0.15, -0.1) is 0 Å². The highest BCUT2D eigenvalue weighted by atomic mass is 79.9. The van der Waals surface area contributed by atoms with Gasteiger partial charge in [-0.3, -0.25) is 9.88 Å². The second kappa shape index (κ2) is 7.04. The molecule has 100 valence electrons. The van der Waals surface area contributed by atoms with E-state index in [0.717, 1.165) is 40.4 Å². The SMILES string of the molecule is CCN(Cc1ccccn1)Cc1ccc(Br)cc1Cl. The molecule has 0 aliphatic heterocycles. The van der Waals surface area contributed by atoms with Crippen molar-refractivity contribution in [3.8, 4) is 0 Å². The normalized spacial score (nSPS) is 10.9. The molecule has 0 bridgehead atoms. The van der Waals surface area contributed by atoms with E-state index in [4.69, 9.17) is 11.6 Å². The lowest BCUT2D eigenvalue weighted by atomic mass is 10.2. The maximum Gasteiger partial charge on any atom is 0.0544 e. The topological polar surface area (TPSA) is 16.1 Å². The summed E-state index contributed by atoms with van der Waals surface area (Å²) in [6, 6.07) is 12.0. The number of aromatic nitrogens is 1. The Kier molecular flexibility index (Phi) is 5.37. The van der Waals surface area contributed by atoms with Crippen molar-refractivity contribution in [1.29, 1.82) is 0 Å². The average molecular weight is 340 g/mol. The zero-order valence-electron chi connectivity index (χ0n) is 10.8. The summed E-state index contributed by atoms with van der Waals surface area (Å²) in [4.78, 5) is 6.68. The summed E-state index contributed by atoms with van der Waals surface area (Å²) in [7, 11) is 0. The number of rotatable bonds is 5. The molecule has 0 aliphatic carbocycles. The highest BCUT2D eigenvalue weighted by Crippen LogP contribution is 2.23. The third kappa shape index (κ3) is 4.30. The summed E-state index contributed by atoms with van der Waals surface area (Å²) in [5, 5.41) is 0.800. The summed E-state index contributed by atoms with van der Waals surface area (Å²) >= 11 is 9.69. The minimum Gasteiger partial charge on any atom is -0.293 e. The molecule has 4 heteroatoms. The van der Waals surface area contributed by atoms with E-state index < -0.39 is 0 Å². The van der Waals surface area contributed by atoms with E-state index >= 15 is 0 Å². The zero-order chi connectivity index (χ0) is 13.7. The molecule has 1 aromatic carbocycles. The fourth-order valence-corrected chi connectivity index (χ4v) is 2.62. The molecular weight excluding hydrogens is 324 g/mol. The Bertz CT molecular complexity index is 531. The van der Waals surface area contributed by atoms with Crippen molar-refractivity contribution in [3.63, 3.8) is 0 Å². The van der Waals surface area contributed by atoms with Gasteiger partial charge in [0.2, 0.25) is 0 Å². The van der Waals surface area contributed by atoms with Crippen molar-refractivity contribution in [2.24, 2.45) is 0 Å². The van der Waals surface area contributed by atoms with Crippen molar-refractivity contribution < 1.29 is 0 Å². The molecule has 1 aromatic heterocycles. The Morgan fingerprint density at radius 3 is 2.68 bits per heavy atom. The second-order valence-electron chi connectivity index (χ2n) is 4.36. The van der Waals surface area contributed by atoms with Crippen LogP contribution in [-0.4, -0.2) is 16.4 Å². The summed E-state index contributed by atoms with van der Waals surface area (Å²) < 4.78 is 1.01. The molecule has 2 rings (SSSR count). The summed E-state index contributed by atoms with van der Waals surface area (Å²) in [5.41, 5.74) is 2.22. The van der Waals surface area contributed by atoms with E-state index in [2.05, 4.69) is 38.8 Å². The second-order valence-corrected chi connectivity index (χ2v) is 5.68. The molecule has 0 spiro atoms. The van der Waals surface area contributed by atoms with E-state index in [0.29, 0.717) is 0 Å². The van der Waals surface area contributed by atoms with Crippen molar-refractivity contribution in [1.82, 2.24) is 9.88 Å². The van der Waals surface area contributed by atoms with Gasteiger partial charge in [-0.2, -0.15) is 0 Å². The molecular formula is C15H16BrClN2. The lowest BCUT2D eigenvalue weighted by molar-refractivity contribution is 0.268. The first-order chi connectivity index (χ1) is 9.19. The number of pyridine rings is 1. The first-order valence-electron chi connectivity index (χ1n) is 6.25. The van der Waals surface area contributed by atoms with Gasteiger partial charge in [0.25, 0.3) is 0 Å². The summed E-state index contributed by atoms with van der Waals surface area (Å²) in [6.07, 6.45) is 1.83. The molecule has 0 radical (unpaired) electrons. The van der Waals surface area contributed by atoms with Gasteiger partial charge in [-0.1, -0.05) is 46.6 Å². The van der Waals surface area contributed by atoms with Crippen LogP contribution in [0.5, 0.6) is 0 Å². The molecule has 1 heterocycles. The van der Waals surface area contributed by atoms with Crippen LogP contribution < -0.4 is 0 Å². The van der Waals surface area contributed by atoms with E-state index in [1.165, 1.54) is 0 Å². The molecule has 2 nitrogen and oxygen atoms in total. The lowest BCUT2D eigenvalue weighted by Gasteiger charge is -2.20. The minimum atomic E-state index is 0.800. The van der Waals surface area contributed by atoms with Crippen LogP contribution >= 0.6 is 27.5 Å². The zero-order valence-corrected chi connectivity index (χ0v) is 13.2. The largest absolute Gasteiger partial charge is 0.293 e. The minimum absolute atomic E-state index is 0.800. The molecule has 0 aliphatic rings. The molecule has 0 unspecified atom stereocenters. The molecule has 0 fully saturated rings. The van der Waals surface area contributed by atoms with Crippen LogP contribution in [0.2, 0.25) is 5.02 Å². The summed E-state index contributed by atoms with van der Waals surface area (Å²) in [6.45, 7) is 4.78. The maximum atomic E-state index is 6.26. The van der Waals surface area contributed by atoms with Gasteiger partial charge < -0.3 is 0 Å². The monoisotopic (exact) mass is 338 g/mol. The molecule has 0 amide bonds. The van der Waals surface area contributed by atoms with E-state index in [1.807, 2.05) is 36.5 Å². The van der Waals surface area contributed by atoms with Gasteiger partial charge in [0.05, 0.1) is 5.69 Å². The molecule has 0 saturated heterocycles. The third-order valence-corrected chi connectivity index (χ3v) is 3.81. The van der Waals surface area contributed by atoms with Crippen LogP contribution in [0, 0.1) is 0 Å². The number of halogens is 2. The molecule has 2 aromatic rings. The van der Waals surface area contributed by atoms with Crippen molar-refractivity contribution in [3.05, 3.63) is 63.3 Å². The van der Waals surface area contributed by atoms with Gasteiger partial charge in [0.15, 0.2) is 0 Å². The first-order valence-corrected chi connectivity index (χ1v) is 7.42. The van der Waals surface area contributed by atoms with Crippen LogP contribution in [-0.2, 0) is 13.1 Å². The standard InChI is InChI=1S/C15H16BrClN2/c1-2-19(11-14-5-3-4-8-18-14)10-12-6-7-13(16)9-15(12)17/h3-9H,2,10-11H2,1H3. The Balaban J connectivity index is 2.06. The Morgan fingerprint density at radius 2 is 2.05 bits per heavy atom. The van der Waals surface area contributed by atoms with Crippen LogP contribution in [0.1, 0.15) is 18.2 Å². The van der Waals surface area contributed by atoms with E-state index in [1.54, 1.807) is 0 Å². The number of nitrogens with zero attached hydrogens (tertiary/aromatic N) is 2. The molecule has 0 atom stereocenters. The first kappa shape index (κ1) is 14.5. The van der Waals surface area contributed by atoms with E-state index in [9.17, 15) is 0 Å². The Labute approximate surface area is 127 Å². The predicted molar refractivity (Wildman–Crippen MR) is 83.2 cm³/mol. The van der Waals surface area contributed by atoms with Gasteiger partial charge in [0.1, 0.15) is 0 Å². The average Bonchev–Trinajstić information content (AvgIpc) is 2.42. The van der Waals surface area contributed by atoms with Crippen LogP contribution in [0.15, 0.2) is 47.1 Å². The van der Waals surface area contributed by atoms with Crippen molar-refractivity contribution in [2.75, 3.05) is 6.54 Å². The van der Waals surface area contributed by atoms with Gasteiger partial charge in [0, 0.05) is 28.8 Å². The van der Waals surface area contributed by atoms with Crippen LogP contribution in [0.4, 0.5) is 0 Å². The fraction of sp³-hybridized carbons (Fsp3) is 0.267. The van der Waals surface area contributed by atoms with Crippen molar-refractivity contribution >= 4 is 27.5 Å². The fourth-order valence-electron chi connectivity index (χ4n) is 1.89. The van der Waals surface area contributed by atoms with Gasteiger partial charge in [-0.05, 0) is 36.4 Å². The van der Waals surface area contributed by atoms with Crippen LogP contribution in [0.3, 0.4) is 0 Å². The highest BCUT2D eigenvalue weighted by Gasteiger charge is 2.08. The van der Waals surface area contributed by atoms with Gasteiger partial charge in [-0.25, -0.2) is 0 Å². The van der Waals surface area contributed by atoms with E-state index in [-0.39, 0.29) is 0 Å². The molecule has 19 heavy (non-hydrogen) atoms. The molecule has 0 saturated carbocycles.